The Morgan fingerprint density at radius 3 is 0.403 bits per heavy atom. The van der Waals surface area contributed by atoms with Gasteiger partial charge in [-0.2, -0.15) is 0 Å². The molecule has 0 aromatic heterocycles. The SMILES string of the molecule is FC(C(F)(F)F)C(F)(F)CO[PH]1(OCC(F)(F)C(F)C(F)(F)F)N[PH](OCC(F)(F)C(F)C(F)(F)F)(OCC(F)(F)C(F)C(F)(F)F)N[PH](OCC(F)(F)C(F)C(F)(F)F)(OCC(F)(F)C(F)C(F)(F)F)N1. The first kappa shape index (κ1) is 68.4. The van der Waals surface area contributed by atoms with Crippen LogP contribution in [0.25, 0.3) is 0 Å². The molecule has 0 aromatic carbocycles. The van der Waals surface area contributed by atoms with Crippen molar-refractivity contribution in [1.29, 1.82) is 0 Å². The van der Waals surface area contributed by atoms with Crippen molar-refractivity contribution in [2.24, 2.45) is 0 Å². The molecule has 1 aliphatic rings. The molecule has 9 nitrogen and oxygen atoms in total. The van der Waals surface area contributed by atoms with Crippen molar-refractivity contribution in [3.63, 3.8) is 0 Å². The van der Waals surface area contributed by atoms with Crippen LogP contribution in [0.3, 0.4) is 0 Å². The van der Waals surface area contributed by atoms with Gasteiger partial charge in [-0.3, -0.25) is 0 Å². The average molecular weight is 1230 g/mol. The normalized spacial score (nSPS) is 22.3. The molecule has 0 saturated carbocycles. The molecule has 0 amide bonds. The van der Waals surface area contributed by atoms with Crippen LogP contribution in [-0.4, -0.2) is 149 Å². The third-order valence-electron chi connectivity index (χ3n) is 7.74. The van der Waals surface area contributed by atoms with Gasteiger partial charge in [-0.25, -0.2) is 0 Å². The van der Waals surface area contributed by atoms with Crippen LogP contribution < -0.4 is 14.6 Å². The Hall–Kier alpha value is -1.59. The summed E-state index contributed by atoms with van der Waals surface area (Å²) in [5.74, 6) is -39.9. The third kappa shape index (κ3) is 18.3. The molecule has 3 N–H and O–H groups in total. The third-order valence-corrected chi connectivity index (χ3v) is 18.9. The second-order valence-electron chi connectivity index (χ2n) is 13.9. The van der Waals surface area contributed by atoms with Crippen LogP contribution in [0.15, 0.2) is 0 Å². The number of hydrogen-bond acceptors (Lipinski definition) is 9. The van der Waals surface area contributed by atoms with Crippen molar-refractivity contribution in [2.45, 2.75) is 110 Å². The van der Waals surface area contributed by atoms with E-state index in [1.54, 1.807) is 0 Å². The fourth-order valence-electron chi connectivity index (χ4n) is 4.36. The van der Waals surface area contributed by atoms with E-state index >= 15 is 0 Å². The van der Waals surface area contributed by atoms with Gasteiger partial charge in [-0.15, -0.1) is 0 Å². The van der Waals surface area contributed by atoms with Gasteiger partial charge in [0.2, 0.25) is 0 Å². The van der Waals surface area contributed by atoms with Gasteiger partial charge in [-0.05, 0) is 0 Å². The van der Waals surface area contributed by atoms with Crippen LogP contribution in [0.5, 0.6) is 0 Å². The van der Waals surface area contributed by atoms with Gasteiger partial charge in [0, 0.05) is 0 Å². The predicted molar refractivity (Wildman–Crippen MR) is 165 cm³/mol. The first-order valence-electron chi connectivity index (χ1n) is 17.0. The van der Waals surface area contributed by atoms with Crippen molar-refractivity contribution < 1.29 is 185 Å². The Kier molecular flexibility index (Phi) is 20.9. The van der Waals surface area contributed by atoms with Crippen LogP contribution in [-0.2, 0) is 27.1 Å². The quantitative estimate of drug-likeness (QED) is 0.0646. The standard InChI is InChI=1S/C24H24F36N3O6P3/c25-7(19(43,44)45)13(31,32)1-64-70(65-2-14(33,34)8(26)20(46,47)48)61-71(66-3-15(35,36)9(27)21(49,50)51,67-4-16(37,38)10(28)22(52,53)54)63-72(62-70,68-5-17(39,40)11(29)23(55,56)57)69-6-18(41,42)12(30)24(58,59)60/h7-12,61-63,70-72H,1-6H2. The number of hydrogen-bond donors (Lipinski definition) is 3. The molecule has 0 radical (unpaired) electrons. The van der Waals surface area contributed by atoms with Crippen molar-refractivity contribution in [1.82, 2.24) is 14.6 Å². The number of rotatable bonds is 24. The van der Waals surface area contributed by atoms with Crippen molar-refractivity contribution in [2.75, 3.05) is 39.6 Å². The molecule has 0 bridgehead atoms. The van der Waals surface area contributed by atoms with Crippen LogP contribution in [0.2, 0.25) is 0 Å². The molecule has 0 aliphatic carbocycles. The molecule has 0 aromatic rings. The summed E-state index contributed by atoms with van der Waals surface area (Å²) in [6.45, 7) is -23.9. The molecule has 6 atom stereocenters. The van der Waals surface area contributed by atoms with E-state index in [9.17, 15) is 158 Å². The molecular weight excluding hydrogens is 1200 g/mol. The monoisotopic (exact) mass is 1230 g/mol. The van der Waals surface area contributed by atoms with Gasteiger partial charge in [-0.1, -0.05) is 0 Å². The zero-order valence-electron chi connectivity index (χ0n) is 32.8. The van der Waals surface area contributed by atoms with E-state index < -0.39 is 173 Å². The molecule has 0 spiro atoms. The molecule has 438 valence electrons. The second kappa shape index (κ2) is 22.0. The van der Waals surface area contributed by atoms with Crippen LogP contribution >= 0.6 is 24.1 Å². The van der Waals surface area contributed by atoms with Gasteiger partial charge in [0.05, 0.1) is 0 Å². The zero-order chi connectivity index (χ0) is 57.6. The fraction of sp³-hybridized carbons (Fsp3) is 1.00. The van der Waals surface area contributed by atoms with Gasteiger partial charge in [0.15, 0.2) is 0 Å². The van der Waals surface area contributed by atoms with Crippen molar-refractivity contribution in [3.8, 4) is 0 Å². The van der Waals surface area contributed by atoms with Gasteiger partial charge in [0.25, 0.3) is 0 Å². The molecular formula is C24H24F36N3O6P3. The van der Waals surface area contributed by atoms with E-state index in [-0.39, 0.29) is 0 Å². The average Bonchev–Trinajstić information content (AvgIpc) is 3.19. The first-order chi connectivity index (χ1) is 31.3. The molecule has 1 heterocycles. The molecule has 6 unspecified atom stereocenters. The molecule has 48 heteroatoms. The zero-order valence-corrected chi connectivity index (χ0v) is 35.8. The molecule has 1 fully saturated rings. The summed E-state index contributed by atoms with van der Waals surface area (Å²) in [6, 6.07) is 0. The first-order valence-corrected chi connectivity index (χ1v) is 22.5. The summed E-state index contributed by atoms with van der Waals surface area (Å²) in [5.41, 5.74) is 0. The van der Waals surface area contributed by atoms with Gasteiger partial charge >= 0.3 is 373 Å². The predicted octanol–water partition coefficient (Wildman–Crippen LogP) is 12.3. The summed E-state index contributed by atoms with van der Waals surface area (Å²) in [4.78, 5) is 1.00. The van der Waals surface area contributed by atoms with E-state index in [1.807, 2.05) is 0 Å². The Morgan fingerprint density at radius 1 is 0.222 bits per heavy atom. The molecule has 72 heavy (non-hydrogen) atoms. The Labute approximate surface area is 374 Å². The van der Waals surface area contributed by atoms with E-state index in [4.69, 9.17) is 0 Å². The maximum absolute atomic E-state index is 14.6. The maximum atomic E-state index is 14.6. The summed E-state index contributed by atoms with van der Waals surface area (Å²) in [6.07, 6.45) is -77.4. The van der Waals surface area contributed by atoms with Crippen LogP contribution in [0, 0.1) is 0 Å². The Balaban J connectivity index is 4.81. The van der Waals surface area contributed by atoms with E-state index in [0.29, 0.717) is 14.6 Å². The number of alkyl halides is 36. The molecule has 1 saturated heterocycles. The Bertz CT molecular complexity index is 1430. The second-order valence-corrected chi connectivity index (χ2v) is 22.4. The molecule has 1 aliphatic heterocycles. The number of nitrogens with one attached hydrogen (secondary N) is 3. The minimum atomic E-state index is -8.23. The van der Waals surface area contributed by atoms with Crippen molar-refractivity contribution >= 4 is 24.1 Å². The minimum absolute atomic E-state index is 0.335. The summed E-state index contributed by atoms with van der Waals surface area (Å²) >= 11 is 0. The van der Waals surface area contributed by atoms with Gasteiger partial charge in [0.1, 0.15) is 0 Å². The summed E-state index contributed by atoms with van der Waals surface area (Å²) < 4.78 is 516. The van der Waals surface area contributed by atoms with Gasteiger partial charge < -0.3 is 0 Å². The Morgan fingerprint density at radius 2 is 0.319 bits per heavy atom. The van der Waals surface area contributed by atoms with E-state index in [1.165, 1.54) is 0 Å². The van der Waals surface area contributed by atoms with E-state index in [0.717, 1.165) is 0 Å². The van der Waals surface area contributed by atoms with E-state index in [2.05, 4.69) is 27.1 Å². The van der Waals surface area contributed by atoms with Crippen LogP contribution in [0.4, 0.5) is 158 Å². The topological polar surface area (TPSA) is 91.5 Å². The van der Waals surface area contributed by atoms with Crippen LogP contribution in [0.1, 0.15) is 0 Å². The summed E-state index contributed by atoms with van der Waals surface area (Å²) in [5, 5.41) is 0. The number of halogens is 36. The van der Waals surface area contributed by atoms with Crippen molar-refractivity contribution in [3.05, 3.63) is 0 Å². The fourth-order valence-corrected chi connectivity index (χ4v) is 18.1. The summed E-state index contributed by atoms with van der Waals surface area (Å²) in [7, 11) is -24.7. The molecule has 1 rings (SSSR count).